The fourth-order valence-corrected chi connectivity index (χ4v) is 4.31. The molecule has 0 aliphatic carbocycles. The van der Waals surface area contributed by atoms with Crippen LogP contribution in [0.5, 0.6) is 0 Å². The maximum Gasteiger partial charge on any atom is 0.150 e. The molecule has 5 heteroatoms. The van der Waals surface area contributed by atoms with Gasteiger partial charge in [-0.3, -0.25) is 0 Å². The third kappa shape index (κ3) is 2.93. The summed E-state index contributed by atoms with van der Waals surface area (Å²) in [6, 6.07) is 0. The van der Waals surface area contributed by atoms with Gasteiger partial charge in [-0.2, -0.15) is 0 Å². The predicted molar refractivity (Wildman–Crippen MR) is 55.9 cm³/mol. The molecule has 0 saturated carbocycles. The van der Waals surface area contributed by atoms with Crippen LogP contribution in [0.1, 0.15) is 19.3 Å². The van der Waals surface area contributed by atoms with Gasteiger partial charge in [0.2, 0.25) is 0 Å². The molecule has 0 aromatic carbocycles. The first-order valence-electron chi connectivity index (χ1n) is 4.93. The Morgan fingerprint density at radius 1 is 1.50 bits per heavy atom. The molecule has 1 rings (SSSR count). The number of hydrogen-bond donors (Lipinski definition) is 1. The highest BCUT2D eigenvalue weighted by molar-refractivity contribution is 7.91. The van der Waals surface area contributed by atoms with Gasteiger partial charge in [0, 0.05) is 12.5 Å². The summed E-state index contributed by atoms with van der Waals surface area (Å²) in [5.41, 5.74) is 5.29. The van der Waals surface area contributed by atoms with Gasteiger partial charge in [-0.1, -0.05) is 0 Å². The molecule has 0 spiro atoms. The lowest BCUT2D eigenvalue weighted by molar-refractivity contribution is 0.0793. The average Bonchev–Trinajstić information content (AvgIpc) is 2.02. The van der Waals surface area contributed by atoms with Crippen LogP contribution in [-0.4, -0.2) is 40.2 Å². The van der Waals surface area contributed by atoms with Crippen LogP contribution >= 0.6 is 0 Å². The van der Waals surface area contributed by atoms with Gasteiger partial charge in [-0.05, 0) is 25.8 Å². The molecule has 1 aliphatic rings. The zero-order chi connectivity index (χ0) is 10.7. The first-order chi connectivity index (χ1) is 6.54. The molecule has 84 valence electrons. The molecule has 0 radical (unpaired) electrons. The van der Waals surface area contributed by atoms with Crippen molar-refractivity contribution < 1.29 is 13.2 Å². The normalized spacial score (nSPS) is 31.6. The summed E-state index contributed by atoms with van der Waals surface area (Å²) in [5, 5.41) is 0. The third-order valence-corrected chi connectivity index (χ3v) is 4.78. The Hall–Kier alpha value is -0.130. The van der Waals surface area contributed by atoms with Crippen LogP contribution in [0.4, 0.5) is 0 Å². The first-order valence-corrected chi connectivity index (χ1v) is 6.75. The molecule has 1 atom stereocenters. The molecular weight excluding hydrogens is 202 g/mol. The maximum absolute atomic E-state index is 11.5. The van der Waals surface area contributed by atoms with Crippen molar-refractivity contribution in [2.24, 2.45) is 11.1 Å². The average molecular weight is 221 g/mol. The van der Waals surface area contributed by atoms with E-state index in [1.54, 1.807) is 7.11 Å². The third-order valence-electron chi connectivity index (χ3n) is 2.81. The zero-order valence-corrected chi connectivity index (χ0v) is 9.48. The summed E-state index contributed by atoms with van der Waals surface area (Å²) in [5.74, 6) is 0.564. The van der Waals surface area contributed by atoms with Gasteiger partial charge in [0.15, 0.2) is 9.84 Å². The van der Waals surface area contributed by atoms with E-state index in [-0.39, 0.29) is 11.2 Å². The number of methoxy groups -OCH3 is 1. The Morgan fingerprint density at radius 3 is 2.71 bits per heavy atom. The molecule has 0 amide bonds. The number of rotatable bonds is 4. The number of nitrogens with two attached hydrogens (primary N) is 1. The smallest absolute Gasteiger partial charge is 0.150 e. The second kappa shape index (κ2) is 4.59. The zero-order valence-electron chi connectivity index (χ0n) is 8.66. The van der Waals surface area contributed by atoms with Crippen molar-refractivity contribution in [3.8, 4) is 0 Å². The van der Waals surface area contributed by atoms with Gasteiger partial charge >= 0.3 is 0 Å². The Morgan fingerprint density at radius 2 is 2.21 bits per heavy atom. The van der Waals surface area contributed by atoms with E-state index < -0.39 is 9.84 Å². The summed E-state index contributed by atoms with van der Waals surface area (Å²) < 4.78 is 28.1. The summed E-state index contributed by atoms with van der Waals surface area (Å²) >= 11 is 0. The highest BCUT2D eigenvalue weighted by Gasteiger charge is 2.38. The van der Waals surface area contributed by atoms with Crippen LogP contribution in [0.3, 0.4) is 0 Å². The van der Waals surface area contributed by atoms with E-state index in [1.807, 2.05) is 0 Å². The van der Waals surface area contributed by atoms with Crippen molar-refractivity contribution in [2.75, 3.05) is 31.8 Å². The van der Waals surface area contributed by atoms with Crippen molar-refractivity contribution in [3.05, 3.63) is 0 Å². The lowest BCUT2D eigenvalue weighted by atomic mass is 9.82. The summed E-state index contributed by atoms with van der Waals surface area (Å²) in [7, 11) is -1.26. The van der Waals surface area contributed by atoms with Crippen LogP contribution in [0, 0.1) is 5.41 Å². The highest BCUT2D eigenvalue weighted by Crippen LogP contribution is 2.34. The molecule has 0 bridgehead atoms. The number of ether oxygens (including phenoxy) is 1. The van der Waals surface area contributed by atoms with E-state index in [0.717, 1.165) is 19.3 Å². The molecule has 1 unspecified atom stereocenters. The molecule has 1 saturated heterocycles. The van der Waals surface area contributed by atoms with Crippen LogP contribution < -0.4 is 5.73 Å². The van der Waals surface area contributed by atoms with Gasteiger partial charge < -0.3 is 10.5 Å². The minimum Gasteiger partial charge on any atom is -0.384 e. The van der Waals surface area contributed by atoms with Gasteiger partial charge in [0.05, 0.1) is 18.1 Å². The Bertz CT molecular complexity index is 262. The number of sulfone groups is 1. The van der Waals surface area contributed by atoms with Gasteiger partial charge in [0.1, 0.15) is 0 Å². The van der Waals surface area contributed by atoms with Crippen molar-refractivity contribution in [3.63, 3.8) is 0 Å². The molecule has 14 heavy (non-hydrogen) atoms. The van der Waals surface area contributed by atoms with E-state index in [1.165, 1.54) is 0 Å². The van der Waals surface area contributed by atoms with Gasteiger partial charge in [-0.25, -0.2) is 8.42 Å². The molecule has 1 aliphatic heterocycles. The fourth-order valence-electron chi connectivity index (χ4n) is 2.27. The standard InChI is InChI=1S/C9H19NO3S/c1-13-7-9(4-5-10)3-2-6-14(11,12)8-9/h2-8,10H2,1H3. The topological polar surface area (TPSA) is 69.4 Å². The minimum absolute atomic E-state index is 0.222. The maximum atomic E-state index is 11.5. The molecule has 4 nitrogen and oxygen atoms in total. The quantitative estimate of drug-likeness (QED) is 0.735. The van der Waals surface area contributed by atoms with Crippen LogP contribution in [0.2, 0.25) is 0 Å². The number of hydrogen-bond acceptors (Lipinski definition) is 4. The van der Waals surface area contributed by atoms with Crippen molar-refractivity contribution >= 4 is 9.84 Å². The van der Waals surface area contributed by atoms with E-state index >= 15 is 0 Å². The second-order valence-corrected chi connectivity index (χ2v) is 6.35. The molecule has 0 aromatic heterocycles. The van der Waals surface area contributed by atoms with Crippen LogP contribution in [0.25, 0.3) is 0 Å². The van der Waals surface area contributed by atoms with Gasteiger partial charge in [-0.15, -0.1) is 0 Å². The molecule has 0 aromatic rings. The molecule has 2 N–H and O–H groups in total. The Balaban J connectivity index is 2.75. The minimum atomic E-state index is -2.87. The lowest BCUT2D eigenvalue weighted by Gasteiger charge is -2.35. The Labute approximate surface area is 85.7 Å². The summed E-state index contributed by atoms with van der Waals surface area (Å²) in [6.45, 7) is 1.03. The Kier molecular flexibility index (Phi) is 3.92. The van der Waals surface area contributed by atoms with Crippen LogP contribution in [-0.2, 0) is 14.6 Å². The van der Waals surface area contributed by atoms with Gasteiger partial charge in [0.25, 0.3) is 0 Å². The predicted octanol–water partition coefficient (Wildman–Crippen LogP) is 0.177. The van der Waals surface area contributed by atoms with Crippen LogP contribution in [0.15, 0.2) is 0 Å². The van der Waals surface area contributed by atoms with E-state index in [9.17, 15) is 8.42 Å². The largest absolute Gasteiger partial charge is 0.384 e. The van der Waals surface area contributed by atoms with E-state index in [0.29, 0.717) is 18.9 Å². The highest BCUT2D eigenvalue weighted by atomic mass is 32.2. The van der Waals surface area contributed by atoms with Crippen molar-refractivity contribution in [2.45, 2.75) is 19.3 Å². The molecule has 1 fully saturated rings. The second-order valence-electron chi connectivity index (χ2n) is 4.17. The first kappa shape index (κ1) is 11.9. The SMILES string of the molecule is COCC1(CCN)CCCS(=O)(=O)C1. The van der Waals surface area contributed by atoms with Crippen molar-refractivity contribution in [1.82, 2.24) is 0 Å². The lowest BCUT2D eigenvalue weighted by Crippen LogP contribution is -2.41. The van der Waals surface area contributed by atoms with E-state index in [2.05, 4.69) is 0 Å². The molecular formula is C9H19NO3S. The van der Waals surface area contributed by atoms with Crippen molar-refractivity contribution in [1.29, 1.82) is 0 Å². The summed E-state index contributed by atoms with van der Waals surface area (Å²) in [6.07, 6.45) is 2.39. The van der Waals surface area contributed by atoms with E-state index in [4.69, 9.17) is 10.5 Å². The fraction of sp³-hybridized carbons (Fsp3) is 1.00. The monoisotopic (exact) mass is 221 g/mol. The summed E-state index contributed by atoms with van der Waals surface area (Å²) in [4.78, 5) is 0. The molecule has 1 heterocycles.